The SMILES string of the molecule is NCCc1cn2cncc(C3CCCC3)c2n1. The van der Waals surface area contributed by atoms with E-state index in [0.717, 1.165) is 17.8 Å². The topological polar surface area (TPSA) is 56.2 Å². The van der Waals surface area contributed by atoms with Gasteiger partial charge in [-0.3, -0.25) is 4.40 Å². The van der Waals surface area contributed by atoms with Gasteiger partial charge in [-0.2, -0.15) is 0 Å². The molecule has 0 bridgehead atoms. The van der Waals surface area contributed by atoms with E-state index in [1.165, 1.54) is 31.2 Å². The lowest BCUT2D eigenvalue weighted by Gasteiger charge is -2.09. The predicted octanol–water partition coefficient (Wildman–Crippen LogP) is 1.89. The minimum absolute atomic E-state index is 0.649. The summed E-state index contributed by atoms with van der Waals surface area (Å²) in [5, 5.41) is 0. The Hall–Kier alpha value is -1.42. The third kappa shape index (κ3) is 1.93. The largest absolute Gasteiger partial charge is 0.330 e. The van der Waals surface area contributed by atoms with Crippen molar-refractivity contribution >= 4 is 5.65 Å². The zero-order valence-corrected chi connectivity index (χ0v) is 9.97. The number of rotatable bonds is 3. The fraction of sp³-hybridized carbons (Fsp3) is 0.538. The predicted molar refractivity (Wildman–Crippen MR) is 67.0 cm³/mol. The van der Waals surface area contributed by atoms with Crippen molar-refractivity contribution in [2.45, 2.75) is 38.0 Å². The zero-order valence-electron chi connectivity index (χ0n) is 9.97. The Morgan fingerprint density at radius 1 is 1.35 bits per heavy atom. The molecule has 90 valence electrons. The van der Waals surface area contributed by atoms with Crippen molar-refractivity contribution in [1.82, 2.24) is 14.4 Å². The van der Waals surface area contributed by atoms with Crippen molar-refractivity contribution in [3.63, 3.8) is 0 Å². The average molecular weight is 230 g/mol. The van der Waals surface area contributed by atoms with Crippen molar-refractivity contribution in [1.29, 1.82) is 0 Å². The summed E-state index contributed by atoms with van der Waals surface area (Å²) >= 11 is 0. The van der Waals surface area contributed by atoms with Crippen LogP contribution in [-0.2, 0) is 6.42 Å². The molecule has 0 amide bonds. The summed E-state index contributed by atoms with van der Waals surface area (Å²) in [6.07, 6.45) is 11.9. The standard InChI is InChI=1S/C13H18N4/c14-6-5-11-8-17-9-15-7-12(13(17)16-11)10-3-1-2-4-10/h7-10H,1-6,14H2. The minimum atomic E-state index is 0.649. The van der Waals surface area contributed by atoms with Gasteiger partial charge in [0, 0.05) is 24.4 Å². The van der Waals surface area contributed by atoms with Gasteiger partial charge in [-0.25, -0.2) is 9.97 Å². The minimum Gasteiger partial charge on any atom is -0.330 e. The quantitative estimate of drug-likeness (QED) is 0.876. The van der Waals surface area contributed by atoms with Gasteiger partial charge in [-0.15, -0.1) is 0 Å². The van der Waals surface area contributed by atoms with Crippen LogP contribution in [0.2, 0.25) is 0 Å². The van der Waals surface area contributed by atoms with Crippen LogP contribution in [0.3, 0.4) is 0 Å². The number of nitrogens with zero attached hydrogens (tertiary/aromatic N) is 3. The van der Waals surface area contributed by atoms with E-state index in [0.29, 0.717) is 12.5 Å². The summed E-state index contributed by atoms with van der Waals surface area (Å²) in [5.41, 5.74) is 9.04. The van der Waals surface area contributed by atoms with Gasteiger partial charge in [0.05, 0.1) is 5.69 Å². The Kier molecular flexibility index (Phi) is 2.81. The van der Waals surface area contributed by atoms with Crippen molar-refractivity contribution in [2.75, 3.05) is 6.54 Å². The molecule has 1 saturated carbocycles. The molecule has 0 aliphatic heterocycles. The molecule has 4 nitrogen and oxygen atoms in total. The summed E-state index contributed by atoms with van der Waals surface area (Å²) in [7, 11) is 0. The fourth-order valence-corrected chi connectivity index (χ4v) is 2.78. The second-order valence-corrected chi connectivity index (χ2v) is 4.83. The van der Waals surface area contributed by atoms with Crippen molar-refractivity contribution < 1.29 is 0 Å². The zero-order chi connectivity index (χ0) is 11.7. The molecule has 1 aliphatic rings. The molecule has 2 aromatic rings. The van der Waals surface area contributed by atoms with Gasteiger partial charge < -0.3 is 5.73 Å². The molecule has 0 spiro atoms. The summed E-state index contributed by atoms with van der Waals surface area (Å²) in [6.45, 7) is 0.649. The third-order valence-electron chi connectivity index (χ3n) is 3.64. The van der Waals surface area contributed by atoms with Crippen LogP contribution in [0.4, 0.5) is 0 Å². The normalized spacial score (nSPS) is 17.0. The molecular formula is C13H18N4. The van der Waals surface area contributed by atoms with Gasteiger partial charge in [0.15, 0.2) is 0 Å². The lowest BCUT2D eigenvalue weighted by atomic mass is 10.0. The van der Waals surface area contributed by atoms with E-state index in [1.54, 1.807) is 0 Å². The summed E-state index contributed by atoms with van der Waals surface area (Å²) < 4.78 is 2.04. The Morgan fingerprint density at radius 2 is 2.18 bits per heavy atom. The van der Waals surface area contributed by atoms with Gasteiger partial charge in [0.2, 0.25) is 0 Å². The highest BCUT2D eigenvalue weighted by molar-refractivity contribution is 5.49. The van der Waals surface area contributed by atoms with Crippen LogP contribution in [0.15, 0.2) is 18.7 Å². The van der Waals surface area contributed by atoms with Crippen LogP contribution in [-0.4, -0.2) is 20.9 Å². The van der Waals surface area contributed by atoms with E-state index in [-0.39, 0.29) is 0 Å². The molecule has 1 fully saturated rings. The highest BCUT2D eigenvalue weighted by Crippen LogP contribution is 2.35. The Labute approximate surface area is 101 Å². The van der Waals surface area contributed by atoms with Gasteiger partial charge in [-0.05, 0) is 25.3 Å². The van der Waals surface area contributed by atoms with Gasteiger partial charge >= 0.3 is 0 Å². The van der Waals surface area contributed by atoms with Crippen LogP contribution in [0.25, 0.3) is 5.65 Å². The third-order valence-corrected chi connectivity index (χ3v) is 3.64. The van der Waals surface area contributed by atoms with Crippen LogP contribution >= 0.6 is 0 Å². The summed E-state index contributed by atoms with van der Waals surface area (Å²) in [4.78, 5) is 9.01. The molecule has 0 radical (unpaired) electrons. The lowest BCUT2D eigenvalue weighted by molar-refractivity contribution is 0.718. The molecule has 2 aromatic heterocycles. The van der Waals surface area contributed by atoms with Crippen LogP contribution in [0, 0.1) is 0 Å². The van der Waals surface area contributed by atoms with Gasteiger partial charge in [0.1, 0.15) is 12.0 Å². The molecule has 0 saturated heterocycles. The van der Waals surface area contributed by atoms with E-state index in [4.69, 9.17) is 5.73 Å². The molecular weight excluding hydrogens is 212 g/mol. The Bertz CT molecular complexity index is 511. The first-order valence-corrected chi connectivity index (χ1v) is 6.40. The molecule has 1 aliphatic carbocycles. The molecule has 17 heavy (non-hydrogen) atoms. The second kappa shape index (κ2) is 4.45. The van der Waals surface area contributed by atoms with Crippen molar-refractivity contribution in [3.8, 4) is 0 Å². The second-order valence-electron chi connectivity index (χ2n) is 4.83. The first kappa shape index (κ1) is 10.7. The molecule has 4 heteroatoms. The maximum Gasteiger partial charge on any atom is 0.143 e. The number of imidazole rings is 1. The van der Waals surface area contributed by atoms with Crippen molar-refractivity contribution in [3.05, 3.63) is 30.0 Å². The fourth-order valence-electron chi connectivity index (χ4n) is 2.78. The Morgan fingerprint density at radius 3 is 2.94 bits per heavy atom. The highest BCUT2D eigenvalue weighted by Gasteiger charge is 2.20. The number of hydrogen-bond acceptors (Lipinski definition) is 3. The first-order valence-electron chi connectivity index (χ1n) is 6.40. The summed E-state index contributed by atoms with van der Waals surface area (Å²) in [5.74, 6) is 0.652. The molecule has 3 rings (SSSR count). The smallest absolute Gasteiger partial charge is 0.143 e. The van der Waals surface area contributed by atoms with E-state index >= 15 is 0 Å². The average Bonchev–Trinajstić information content (AvgIpc) is 2.97. The van der Waals surface area contributed by atoms with Gasteiger partial charge in [0.25, 0.3) is 0 Å². The molecule has 2 N–H and O–H groups in total. The maximum absolute atomic E-state index is 5.58. The molecule has 0 aromatic carbocycles. The van der Waals surface area contributed by atoms with E-state index < -0.39 is 0 Å². The maximum atomic E-state index is 5.58. The van der Waals surface area contributed by atoms with E-state index in [9.17, 15) is 0 Å². The van der Waals surface area contributed by atoms with E-state index in [1.807, 2.05) is 23.1 Å². The molecule has 2 heterocycles. The van der Waals surface area contributed by atoms with Gasteiger partial charge in [-0.1, -0.05) is 12.8 Å². The molecule has 0 unspecified atom stereocenters. The number of fused-ring (bicyclic) bond motifs is 1. The summed E-state index contributed by atoms with van der Waals surface area (Å²) in [6, 6.07) is 0. The monoisotopic (exact) mass is 230 g/mol. The number of nitrogens with two attached hydrogens (primary N) is 1. The van der Waals surface area contributed by atoms with Crippen molar-refractivity contribution in [2.24, 2.45) is 5.73 Å². The first-order chi connectivity index (χ1) is 8.38. The van der Waals surface area contributed by atoms with Crippen LogP contribution < -0.4 is 5.73 Å². The number of aromatic nitrogens is 3. The lowest BCUT2D eigenvalue weighted by Crippen LogP contribution is -2.02. The van der Waals surface area contributed by atoms with Crippen LogP contribution in [0.1, 0.15) is 42.9 Å². The van der Waals surface area contributed by atoms with Crippen LogP contribution in [0.5, 0.6) is 0 Å². The Balaban J connectivity index is 2.04. The van der Waals surface area contributed by atoms with E-state index in [2.05, 4.69) is 9.97 Å². The molecule has 0 atom stereocenters. The number of hydrogen-bond donors (Lipinski definition) is 1. The highest BCUT2D eigenvalue weighted by atomic mass is 15.0.